The van der Waals surface area contributed by atoms with Crippen molar-refractivity contribution in [2.75, 3.05) is 13.7 Å². The highest BCUT2D eigenvalue weighted by atomic mass is 16.5. The Bertz CT molecular complexity index is 193. The van der Waals surface area contributed by atoms with E-state index in [2.05, 4.69) is 23.9 Å². The molecule has 1 heterocycles. The van der Waals surface area contributed by atoms with E-state index in [0.717, 1.165) is 19.4 Å². The summed E-state index contributed by atoms with van der Waals surface area (Å²) < 4.78 is 4.68. The van der Waals surface area contributed by atoms with Gasteiger partial charge in [0.15, 0.2) is 0 Å². The van der Waals surface area contributed by atoms with Gasteiger partial charge in [-0.3, -0.25) is 4.79 Å². The first kappa shape index (κ1) is 10.5. The molecule has 0 amide bonds. The molecule has 1 N–H and O–H groups in total. The van der Waals surface area contributed by atoms with Crippen molar-refractivity contribution in [1.82, 2.24) is 5.32 Å². The summed E-state index contributed by atoms with van der Waals surface area (Å²) in [5.74, 6) is 0.346. The fourth-order valence-corrected chi connectivity index (χ4v) is 2.02. The first-order chi connectivity index (χ1) is 6.12. The number of nitrogens with one attached hydrogen (secondary N) is 1. The Balaban J connectivity index is 2.53. The first-order valence-corrected chi connectivity index (χ1v) is 4.94. The molecule has 2 unspecified atom stereocenters. The molecule has 0 spiro atoms. The van der Waals surface area contributed by atoms with Crippen LogP contribution >= 0.6 is 0 Å². The minimum Gasteiger partial charge on any atom is -0.469 e. The summed E-state index contributed by atoms with van der Waals surface area (Å²) in [6.07, 6.45) is 2.70. The van der Waals surface area contributed by atoms with Crippen molar-refractivity contribution < 1.29 is 9.53 Å². The van der Waals surface area contributed by atoms with Gasteiger partial charge in [-0.1, -0.05) is 6.92 Å². The summed E-state index contributed by atoms with van der Waals surface area (Å²) in [7, 11) is 1.45. The van der Waals surface area contributed by atoms with Gasteiger partial charge >= 0.3 is 5.97 Å². The minimum absolute atomic E-state index is 0.0895. The van der Waals surface area contributed by atoms with Crippen LogP contribution in [-0.4, -0.2) is 25.2 Å². The number of methoxy groups -OCH3 is 1. The zero-order valence-electron chi connectivity index (χ0n) is 8.72. The third-order valence-electron chi connectivity index (χ3n) is 3.30. The van der Waals surface area contributed by atoms with Gasteiger partial charge < -0.3 is 10.1 Å². The third-order valence-corrected chi connectivity index (χ3v) is 3.30. The summed E-state index contributed by atoms with van der Waals surface area (Å²) in [6, 6.07) is 0. The summed E-state index contributed by atoms with van der Waals surface area (Å²) >= 11 is 0. The first-order valence-electron chi connectivity index (χ1n) is 4.94. The maximum atomic E-state index is 11.1. The van der Waals surface area contributed by atoms with Crippen LogP contribution in [0.2, 0.25) is 0 Å². The standard InChI is InChI=1S/C10H19NO2/c1-4-10(2)8(5-6-11-10)7-9(12)13-3/h8,11H,4-7H2,1-3H3. The van der Waals surface area contributed by atoms with Gasteiger partial charge in [-0.05, 0) is 32.2 Å². The molecule has 0 aromatic heterocycles. The smallest absolute Gasteiger partial charge is 0.305 e. The SMILES string of the molecule is CCC1(C)NCCC1CC(=O)OC. The zero-order chi connectivity index (χ0) is 9.90. The number of rotatable bonds is 3. The summed E-state index contributed by atoms with van der Waals surface area (Å²) in [5.41, 5.74) is 0.133. The van der Waals surface area contributed by atoms with Crippen LogP contribution in [0.25, 0.3) is 0 Å². The number of carbonyl (C=O) groups excluding carboxylic acids is 1. The number of hydrogen-bond acceptors (Lipinski definition) is 3. The van der Waals surface area contributed by atoms with Crippen LogP contribution in [0.1, 0.15) is 33.1 Å². The van der Waals surface area contributed by atoms with E-state index in [4.69, 9.17) is 0 Å². The average molecular weight is 185 g/mol. The fourth-order valence-electron chi connectivity index (χ4n) is 2.02. The molecule has 13 heavy (non-hydrogen) atoms. The fraction of sp³-hybridized carbons (Fsp3) is 0.900. The molecule has 1 aliphatic heterocycles. The van der Waals surface area contributed by atoms with Crippen LogP contribution in [0.5, 0.6) is 0 Å². The lowest BCUT2D eigenvalue weighted by Gasteiger charge is -2.29. The van der Waals surface area contributed by atoms with Gasteiger partial charge in [0.1, 0.15) is 0 Å². The Hall–Kier alpha value is -0.570. The number of hydrogen-bond donors (Lipinski definition) is 1. The molecule has 1 saturated heterocycles. The average Bonchev–Trinajstić information content (AvgIpc) is 2.49. The van der Waals surface area contributed by atoms with E-state index in [0.29, 0.717) is 12.3 Å². The van der Waals surface area contributed by atoms with Crippen LogP contribution in [0.3, 0.4) is 0 Å². The molecule has 3 heteroatoms. The van der Waals surface area contributed by atoms with E-state index >= 15 is 0 Å². The van der Waals surface area contributed by atoms with Crippen LogP contribution in [0.15, 0.2) is 0 Å². The van der Waals surface area contributed by atoms with Crippen LogP contribution < -0.4 is 5.32 Å². The van der Waals surface area contributed by atoms with Gasteiger partial charge in [-0.2, -0.15) is 0 Å². The van der Waals surface area contributed by atoms with Crippen molar-refractivity contribution in [3.8, 4) is 0 Å². The van der Waals surface area contributed by atoms with Crippen LogP contribution in [0.4, 0.5) is 0 Å². The molecular weight excluding hydrogens is 166 g/mol. The zero-order valence-corrected chi connectivity index (χ0v) is 8.72. The Kier molecular flexibility index (Phi) is 3.31. The highest BCUT2D eigenvalue weighted by Crippen LogP contribution is 2.31. The van der Waals surface area contributed by atoms with Gasteiger partial charge in [0.05, 0.1) is 13.5 Å². The minimum atomic E-state index is -0.0895. The molecule has 0 aliphatic carbocycles. The molecule has 76 valence electrons. The van der Waals surface area contributed by atoms with Gasteiger partial charge in [-0.25, -0.2) is 0 Å². The Morgan fingerprint density at radius 3 is 2.92 bits per heavy atom. The second-order valence-corrected chi connectivity index (χ2v) is 3.96. The number of ether oxygens (including phenoxy) is 1. The molecule has 0 aromatic rings. The number of carbonyl (C=O) groups is 1. The van der Waals surface area contributed by atoms with Crippen LogP contribution in [0, 0.1) is 5.92 Å². The van der Waals surface area contributed by atoms with Crippen molar-refractivity contribution in [2.24, 2.45) is 5.92 Å². The van der Waals surface area contributed by atoms with E-state index in [1.807, 2.05) is 0 Å². The van der Waals surface area contributed by atoms with Crippen LogP contribution in [-0.2, 0) is 9.53 Å². The Morgan fingerprint density at radius 2 is 2.38 bits per heavy atom. The van der Waals surface area contributed by atoms with E-state index in [1.165, 1.54) is 7.11 Å². The highest BCUT2D eigenvalue weighted by Gasteiger charge is 2.37. The molecular formula is C10H19NO2. The second-order valence-electron chi connectivity index (χ2n) is 3.96. The van der Waals surface area contributed by atoms with Crippen molar-refractivity contribution in [3.05, 3.63) is 0 Å². The molecule has 2 atom stereocenters. The molecule has 0 aromatic carbocycles. The molecule has 1 fully saturated rings. The molecule has 3 nitrogen and oxygen atoms in total. The summed E-state index contributed by atoms with van der Waals surface area (Å²) in [4.78, 5) is 11.1. The van der Waals surface area contributed by atoms with E-state index in [1.54, 1.807) is 0 Å². The Morgan fingerprint density at radius 1 is 1.69 bits per heavy atom. The molecule has 0 saturated carbocycles. The topological polar surface area (TPSA) is 38.3 Å². The van der Waals surface area contributed by atoms with Gasteiger partial charge in [0.25, 0.3) is 0 Å². The van der Waals surface area contributed by atoms with Crippen molar-refractivity contribution in [3.63, 3.8) is 0 Å². The van der Waals surface area contributed by atoms with E-state index < -0.39 is 0 Å². The lowest BCUT2D eigenvalue weighted by atomic mass is 9.83. The lowest BCUT2D eigenvalue weighted by molar-refractivity contribution is -0.142. The molecule has 0 bridgehead atoms. The molecule has 1 aliphatic rings. The highest BCUT2D eigenvalue weighted by molar-refractivity contribution is 5.69. The van der Waals surface area contributed by atoms with E-state index in [-0.39, 0.29) is 11.5 Å². The normalized spacial score (nSPS) is 33.3. The predicted molar refractivity (Wildman–Crippen MR) is 51.4 cm³/mol. The molecule has 0 radical (unpaired) electrons. The van der Waals surface area contributed by atoms with Gasteiger partial charge in [0, 0.05) is 5.54 Å². The molecule has 1 rings (SSSR count). The summed E-state index contributed by atoms with van der Waals surface area (Å²) in [5, 5.41) is 3.45. The maximum Gasteiger partial charge on any atom is 0.305 e. The quantitative estimate of drug-likeness (QED) is 0.674. The lowest BCUT2D eigenvalue weighted by Crippen LogP contribution is -2.41. The monoisotopic (exact) mass is 185 g/mol. The van der Waals surface area contributed by atoms with Gasteiger partial charge in [0.2, 0.25) is 0 Å². The van der Waals surface area contributed by atoms with Crippen molar-refractivity contribution in [1.29, 1.82) is 0 Å². The Labute approximate surface area is 79.8 Å². The summed E-state index contributed by atoms with van der Waals surface area (Å²) in [6.45, 7) is 5.36. The van der Waals surface area contributed by atoms with Crippen molar-refractivity contribution in [2.45, 2.75) is 38.6 Å². The largest absolute Gasteiger partial charge is 0.469 e. The third kappa shape index (κ3) is 2.21. The predicted octanol–water partition coefficient (Wildman–Crippen LogP) is 1.33. The van der Waals surface area contributed by atoms with Crippen molar-refractivity contribution >= 4 is 5.97 Å². The number of esters is 1. The maximum absolute atomic E-state index is 11.1. The van der Waals surface area contributed by atoms with Gasteiger partial charge in [-0.15, -0.1) is 0 Å². The second kappa shape index (κ2) is 4.09. The van der Waals surface area contributed by atoms with E-state index in [9.17, 15) is 4.79 Å².